The number of rotatable bonds is 4. The van der Waals surface area contributed by atoms with Gasteiger partial charge in [-0.2, -0.15) is 0 Å². The lowest BCUT2D eigenvalue weighted by atomic mass is 10.2. The Hall–Kier alpha value is -2.48. The van der Waals surface area contributed by atoms with Crippen molar-refractivity contribution in [1.82, 2.24) is 14.9 Å². The summed E-state index contributed by atoms with van der Waals surface area (Å²) in [5, 5.41) is 9.53. The summed E-state index contributed by atoms with van der Waals surface area (Å²) in [5.41, 5.74) is 1.44. The molecule has 2 amide bonds. The van der Waals surface area contributed by atoms with E-state index in [1.54, 1.807) is 24.2 Å². The zero-order chi connectivity index (χ0) is 15.7. The molecule has 1 saturated heterocycles. The summed E-state index contributed by atoms with van der Waals surface area (Å²) >= 11 is 1.03. The van der Waals surface area contributed by atoms with Gasteiger partial charge >= 0.3 is 12.0 Å². The Bertz CT molecular complexity index is 716. The number of carboxylic acids is 1. The van der Waals surface area contributed by atoms with Crippen LogP contribution >= 0.6 is 11.3 Å². The summed E-state index contributed by atoms with van der Waals surface area (Å²) in [4.78, 5) is 35.1. The number of carbonyl (C=O) groups is 2. The van der Waals surface area contributed by atoms with E-state index in [2.05, 4.69) is 9.97 Å². The van der Waals surface area contributed by atoms with Crippen LogP contribution in [0.15, 0.2) is 24.5 Å². The van der Waals surface area contributed by atoms with Crippen LogP contribution in [0.4, 0.5) is 9.93 Å². The number of hydrogen-bond donors (Lipinski definition) is 1. The molecule has 8 heteroatoms. The maximum Gasteiger partial charge on any atom is 0.347 e. The first kappa shape index (κ1) is 14.5. The molecule has 7 nitrogen and oxygen atoms in total. The van der Waals surface area contributed by atoms with Crippen LogP contribution in [-0.2, 0) is 6.54 Å². The van der Waals surface area contributed by atoms with Gasteiger partial charge in [0.1, 0.15) is 4.88 Å². The number of thiazole rings is 1. The minimum atomic E-state index is -1.01. The van der Waals surface area contributed by atoms with Crippen molar-refractivity contribution in [2.45, 2.75) is 13.5 Å². The molecule has 1 N–H and O–H groups in total. The molecule has 2 aromatic heterocycles. The Morgan fingerprint density at radius 2 is 2.09 bits per heavy atom. The molecule has 3 rings (SSSR count). The lowest BCUT2D eigenvalue weighted by molar-refractivity contribution is 0.0701. The normalized spacial score (nSPS) is 14.7. The van der Waals surface area contributed by atoms with Gasteiger partial charge in [-0.3, -0.25) is 9.88 Å². The highest BCUT2D eigenvalue weighted by Crippen LogP contribution is 2.29. The van der Waals surface area contributed by atoms with Crippen molar-refractivity contribution in [3.63, 3.8) is 0 Å². The van der Waals surface area contributed by atoms with E-state index in [1.165, 1.54) is 4.90 Å². The standard InChI is InChI=1S/C14H14N4O3S/c1-9-11(12(19)20)22-13(16-9)18-7-6-17(14(18)21)8-10-2-4-15-5-3-10/h2-5H,6-8H2,1H3,(H,19,20). The van der Waals surface area contributed by atoms with E-state index >= 15 is 0 Å². The zero-order valence-electron chi connectivity index (χ0n) is 11.9. The monoisotopic (exact) mass is 318 g/mol. The second-order valence-electron chi connectivity index (χ2n) is 4.93. The Kier molecular flexibility index (Phi) is 3.76. The van der Waals surface area contributed by atoms with Crippen molar-refractivity contribution in [3.05, 3.63) is 40.7 Å². The van der Waals surface area contributed by atoms with Crippen molar-refractivity contribution in [1.29, 1.82) is 0 Å². The van der Waals surface area contributed by atoms with E-state index in [0.29, 0.717) is 30.5 Å². The maximum atomic E-state index is 12.5. The van der Waals surface area contributed by atoms with Gasteiger partial charge in [0.25, 0.3) is 0 Å². The molecule has 0 bridgehead atoms. The second-order valence-corrected chi connectivity index (χ2v) is 5.90. The Morgan fingerprint density at radius 3 is 2.73 bits per heavy atom. The van der Waals surface area contributed by atoms with Crippen molar-refractivity contribution in [2.75, 3.05) is 18.0 Å². The molecule has 0 aliphatic carbocycles. The predicted octanol–water partition coefficient (Wildman–Crippen LogP) is 1.99. The number of aromatic nitrogens is 2. The summed E-state index contributed by atoms with van der Waals surface area (Å²) in [7, 11) is 0. The van der Waals surface area contributed by atoms with Gasteiger partial charge in [-0.05, 0) is 24.6 Å². The quantitative estimate of drug-likeness (QED) is 0.931. The van der Waals surface area contributed by atoms with Crippen LogP contribution in [0.25, 0.3) is 0 Å². The molecular weight excluding hydrogens is 304 g/mol. The highest BCUT2D eigenvalue weighted by atomic mass is 32.1. The van der Waals surface area contributed by atoms with Crippen molar-refractivity contribution in [3.8, 4) is 0 Å². The molecule has 0 unspecified atom stereocenters. The topological polar surface area (TPSA) is 86.6 Å². The van der Waals surface area contributed by atoms with Crippen LogP contribution in [0.1, 0.15) is 20.9 Å². The van der Waals surface area contributed by atoms with E-state index in [9.17, 15) is 9.59 Å². The molecule has 3 heterocycles. The number of urea groups is 1. The van der Waals surface area contributed by atoms with Gasteiger partial charge in [-0.15, -0.1) is 0 Å². The second kappa shape index (κ2) is 5.72. The number of carbonyl (C=O) groups excluding carboxylic acids is 1. The number of pyridine rings is 1. The summed E-state index contributed by atoms with van der Waals surface area (Å²) in [6.07, 6.45) is 3.38. The van der Waals surface area contributed by atoms with Gasteiger partial charge in [0.05, 0.1) is 5.69 Å². The van der Waals surface area contributed by atoms with Crippen LogP contribution in [0.2, 0.25) is 0 Å². The Labute approximate surface area is 130 Å². The van der Waals surface area contributed by atoms with Crippen molar-refractivity contribution < 1.29 is 14.7 Å². The number of hydrogen-bond acceptors (Lipinski definition) is 5. The number of nitrogens with zero attached hydrogens (tertiary/aromatic N) is 4. The number of amides is 2. The van der Waals surface area contributed by atoms with Gasteiger partial charge < -0.3 is 10.0 Å². The smallest absolute Gasteiger partial charge is 0.347 e. The third kappa shape index (κ3) is 2.64. The molecular formula is C14H14N4O3S. The van der Waals surface area contributed by atoms with Crippen LogP contribution in [-0.4, -0.2) is 45.1 Å². The minimum Gasteiger partial charge on any atom is -0.477 e. The molecule has 2 aromatic rings. The largest absolute Gasteiger partial charge is 0.477 e. The van der Waals surface area contributed by atoms with Crippen molar-refractivity contribution >= 4 is 28.5 Å². The molecule has 1 aliphatic rings. The highest BCUT2D eigenvalue weighted by Gasteiger charge is 2.32. The minimum absolute atomic E-state index is 0.150. The lowest BCUT2D eigenvalue weighted by Gasteiger charge is -2.16. The summed E-state index contributed by atoms with van der Waals surface area (Å²) < 4.78 is 0. The highest BCUT2D eigenvalue weighted by molar-refractivity contribution is 7.17. The first-order valence-corrected chi connectivity index (χ1v) is 7.54. The van der Waals surface area contributed by atoms with Crippen molar-refractivity contribution in [2.24, 2.45) is 0 Å². The molecule has 0 atom stereocenters. The molecule has 1 fully saturated rings. The summed E-state index contributed by atoms with van der Waals surface area (Å²) in [6, 6.07) is 3.58. The Morgan fingerprint density at radius 1 is 1.36 bits per heavy atom. The SMILES string of the molecule is Cc1nc(N2CCN(Cc3ccncc3)C2=O)sc1C(=O)O. The number of anilines is 1. The molecule has 22 heavy (non-hydrogen) atoms. The zero-order valence-corrected chi connectivity index (χ0v) is 12.7. The van der Waals surface area contributed by atoms with E-state index in [0.717, 1.165) is 16.9 Å². The van der Waals surface area contributed by atoms with E-state index in [-0.39, 0.29) is 10.9 Å². The first-order chi connectivity index (χ1) is 10.6. The summed E-state index contributed by atoms with van der Waals surface area (Å²) in [5.74, 6) is -1.01. The first-order valence-electron chi connectivity index (χ1n) is 6.72. The molecule has 0 saturated carbocycles. The molecule has 1 aliphatic heterocycles. The van der Waals surface area contributed by atoms with Crippen LogP contribution in [0.5, 0.6) is 0 Å². The van der Waals surface area contributed by atoms with Gasteiger partial charge in [0.2, 0.25) is 0 Å². The van der Waals surface area contributed by atoms with Crippen LogP contribution in [0.3, 0.4) is 0 Å². The van der Waals surface area contributed by atoms with Gasteiger partial charge in [-0.25, -0.2) is 14.6 Å². The van der Waals surface area contributed by atoms with E-state index in [4.69, 9.17) is 5.11 Å². The van der Waals surface area contributed by atoms with E-state index in [1.807, 2.05) is 12.1 Å². The molecule has 0 aromatic carbocycles. The predicted molar refractivity (Wildman–Crippen MR) is 81.2 cm³/mol. The average molecular weight is 318 g/mol. The van der Waals surface area contributed by atoms with Gasteiger partial charge in [-0.1, -0.05) is 11.3 Å². The average Bonchev–Trinajstić information content (AvgIpc) is 3.04. The summed E-state index contributed by atoms with van der Waals surface area (Å²) in [6.45, 7) is 3.24. The molecule has 114 valence electrons. The van der Waals surface area contributed by atoms with Crippen LogP contribution in [0, 0.1) is 6.92 Å². The molecule has 0 radical (unpaired) electrons. The van der Waals surface area contributed by atoms with Gasteiger partial charge in [0.15, 0.2) is 5.13 Å². The number of aromatic carboxylic acids is 1. The number of carboxylic acid groups (broad SMARTS) is 1. The van der Waals surface area contributed by atoms with E-state index < -0.39 is 5.97 Å². The lowest BCUT2D eigenvalue weighted by Crippen LogP contribution is -2.31. The maximum absolute atomic E-state index is 12.5. The third-order valence-electron chi connectivity index (χ3n) is 3.43. The third-order valence-corrected chi connectivity index (χ3v) is 4.60. The fraction of sp³-hybridized carbons (Fsp3) is 0.286. The van der Waals surface area contributed by atoms with Crippen LogP contribution < -0.4 is 4.90 Å². The number of aryl methyl sites for hydroxylation is 1. The fourth-order valence-corrected chi connectivity index (χ4v) is 3.24. The molecule has 0 spiro atoms. The fourth-order valence-electron chi connectivity index (χ4n) is 2.31. The Balaban J connectivity index is 1.76. The van der Waals surface area contributed by atoms with Gasteiger partial charge in [0, 0.05) is 32.0 Å².